The van der Waals surface area contributed by atoms with Crippen LogP contribution in [0.1, 0.15) is 9.67 Å². The molecule has 5 heteroatoms. The second kappa shape index (κ2) is 3.40. The zero-order chi connectivity index (χ0) is 9.10. The SMILES string of the molecule is O=C(Oc1ccon1)c1cccs1. The van der Waals surface area contributed by atoms with Crippen LogP contribution in [0, 0.1) is 0 Å². The number of carbonyl (C=O) groups is 1. The molecule has 0 atom stereocenters. The molecule has 0 aliphatic heterocycles. The van der Waals surface area contributed by atoms with E-state index in [0.29, 0.717) is 4.88 Å². The molecule has 0 aliphatic rings. The van der Waals surface area contributed by atoms with E-state index in [1.165, 1.54) is 23.7 Å². The van der Waals surface area contributed by atoms with Gasteiger partial charge in [-0.2, -0.15) is 0 Å². The van der Waals surface area contributed by atoms with Gasteiger partial charge in [-0.1, -0.05) is 6.07 Å². The summed E-state index contributed by atoms with van der Waals surface area (Å²) in [5, 5.41) is 5.26. The van der Waals surface area contributed by atoms with E-state index in [1.54, 1.807) is 17.5 Å². The molecule has 2 rings (SSSR count). The number of esters is 1. The van der Waals surface area contributed by atoms with Crippen molar-refractivity contribution in [2.24, 2.45) is 0 Å². The van der Waals surface area contributed by atoms with Gasteiger partial charge in [0.25, 0.3) is 5.88 Å². The highest BCUT2D eigenvalue weighted by Crippen LogP contribution is 2.12. The van der Waals surface area contributed by atoms with E-state index in [0.717, 1.165) is 0 Å². The quantitative estimate of drug-likeness (QED) is 0.687. The molecule has 4 nitrogen and oxygen atoms in total. The number of thiophene rings is 1. The van der Waals surface area contributed by atoms with Gasteiger partial charge >= 0.3 is 5.97 Å². The van der Waals surface area contributed by atoms with Crippen LogP contribution >= 0.6 is 11.3 Å². The van der Waals surface area contributed by atoms with E-state index in [1.807, 2.05) is 0 Å². The first-order valence-electron chi connectivity index (χ1n) is 3.52. The van der Waals surface area contributed by atoms with Gasteiger partial charge in [0.05, 0.1) is 0 Å². The molecular formula is C8H5NO3S. The molecule has 0 amide bonds. The van der Waals surface area contributed by atoms with Crippen molar-refractivity contribution in [3.63, 3.8) is 0 Å². The first-order valence-corrected chi connectivity index (χ1v) is 4.40. The van der Waals surface area contributed by atoms with Crippen molar-refractivity contribution in [1.82, 2.24) is 5.16 Å². The number of rotatable bonds is 2. The lowest BCUT2D eigenvalue weighted by molar-refractivity contribution is 0.0726. The monoisotopic (exact) mass is 195 g/mol. The van der Waals surface area contributed by atoms with Crippen molar-refractivity contribution in [1.29, 1.82) is 0 Å². The van der Waals surface area contributed by atoms with Crippen LogP contribution in [-0.4, -0.2) is 11.1 Å². The topological polar surface area (TPSA) is 52.3 Å². The summed E-state index contributed by atoms with van der Waals surface area (Å²) in [5.74, 6) is -0.234. The van der Waals surface area contributed by atoms with Crippen LogP contribution in [-0.2, 0) is 0 Å². The fourth-order valence-electron chi connectivity index (χ4n) is 0.794. The molecule has 0 spiro atoms. The third-order valence-electron chi connectivity index (χ3n) is 1.33. The molecule has 0 radical (unpaired) electrons. The maximum absolute atomic E-state index is 11.3. The minimum Gasteiger partial charge on any atom is -0.400 e. The predicted octanol–water partition coefficient (Wildman–Crippen LogP) is 1.96. The molecule has 13 heavy (non-hydrogen) atoms. The highest BCUT2D eigenvalue weighted by Gasteiger charge is 2.10. The number of hydrogen-bond donors (Lipinski definition) is 0. The number of hydrogen-bond acceptors (Lipinski definition) is 5. The molecule has 0 fully saturated rings. The van der Waals surface area contributed by atoms with E-state index in [-0.39, 0.29) is 5.88 Å². The van der Waals surface area contributed by atoms with Crippen LogP contribution in [0.5, 0.6) is 5.88 Å². The van der Waals surface area contributed by atoms with Crippen molar-refractivity contribution < 1.29 is 14.1 Å². The lowest BCUT2D eigenvalue weighted by Gasteiger charge is -1.94. The second-order valence-electron chi connectivity index (χ2n) is 2.20. The number of carbonyl (C=O) groups excluding carboxylic acids is 1. The highest BCUT2D eigenvalue weighted by molar-refractivity contribution is 7.12. The van der Waals surface area contributed by atoms with Crippen molar-refractivity contribution in [3.05, 3.63) is 34.7 Å². The summed E-state index contributed by atoms with van der Waals surface area (Å²) in [6.45, 7) is 0. The molecule has 2 heterocycles. The molecule has 66 valence electrons. The van der Waals surface area contributed by atoms with Gasteiger partial charge in [-0.25, -0.2) is 4.79 Å². The summed E-state index contributed by atoms with van der Waals surface area (Å²) in [5.41, 5.74) is 0. The van der Waals surface area contributed by atoms with E-state index in [2.05, 4.69) is 9.68 Å². The minimum absolute atomic E-state index is 0.179. The first-order chi connectivity index (χ1) is 6.36. The molecule has 0 bridgehead atoms. The molecular weight excluding hydrogens is 190 g/mol. The highest BCUT2D eigenvalue weighted by atomic mass is 32.1. The zero-order valence-corrected chi connectivity index (χ0v) is 7.28. The minimum atomic E-state index is -0.413. The van der Waals surface area contributed by atoms with Crippen molar-refractivity contribution >= 4 is 17.3 Å². The van der Waals surface area contributed by atoms with Crippen molar-refractivity contribution in [3.8, 4) is 5.88 Å². The number of ether oxygens (including phenoxy) is 1. The van der Waals surface area contributed by atoms with Gasteiger partial charge in [-0.15, -0.1) is 11.3 Å². The average molecular weight is 195 g/mol. The summed E-state index contributed by atoms with van der Waals surface area (Å²) in [7, 11) is 0. The molecule has 0 aromatic carbocycles. The average Bonchev–Trinajstić information content (AvgIpc) is 2.74. The third kappa shape index (κ3) is 1.75. The van der Waals surface area contributed by atoms with Crippen LogP contribution in [0.3, 0.4) is 0 Å². The van der Waals surface area contributed by atoms with Gasteiger partial charge in [0.1, 0.15) is 11.1 Å². The Morgan fingerprint density at radius 3 is 3.08 bits per heavy atom. The Balaban J connectivity index is 2.08. The van der Waals surface area contributed by atoms with Gasteiger partial charge in [0.2, 0.25) is 0 Å². The zero-order valence-electron chi connectivity index (χ0n) is 6.47. The summed E-state index contributed by atoms with van der Waals surface area (Å²) >= 11 is 1.32. The second-order valence-corrected chi connectivity index (χ2v) is 3.15. The van der Waals surface area contributed by atoms with E-state index in [4.69, 9.17) is 4.74 Å². The lowest BCUT2D eigenvalue weighted by Crippen LogP contribution is -2.06. The summed E-state index contributed by atoms with van der Waals surface area (Å²) < 4.78 is 9.37. The molecule has 2 aromatic rings. The molecule has 0 N–H and O–H groups in total. The lowest BCUT2D eigenvalue weighted by atomic mass is 10.5. The first kappa shape index (κ1) is 8.00. The summed E-state index contributed by atoms with van der Waals surface area (Å²) in [6.07, 6.45) is 1.34. The number of nitrogens with zero attached hydrogens (tertiary/aromatic N) is 1. The Morgan fingerprint density at radius 2 is 2.46 bits per heavy atom. The maximum atomic E-state index is 11.3. The van der Waals surface area contributed by atoms with Crippen LogP contribution in [0.25, 0.3) is 0 Å². The fourth-order valence-corrected chi connectivity index (χ4v) is 1.39. The Labute approximate surface area is 77.7 Å². The normalized spacial score (nSPS) is 9.85. The van der Waals surface area contributed by atoms with Gasteiger partial charge < -0.3 is 9.26 Å². The molecule has 0 saturated carbocycles. The Kier molecular flexibility index (Phi) is 2.09. The van der Waals surface area contributed by atoms with Crippen molar-refractivity contribution in [2.45, 2.75) is 0 Å². The van der Waals surface area contributed by atoms with E-state index >= 15 is 0 Å². The summed E-state index contributed by atoms with van der Waals surface area (Å²) in [4.78, 5) is 11.8. The fraction of sp³-hybridized carbons (Fsp3) is 0. The van der Waals surface area contributed by atoms with E-state index < -0.39 is 5.97 Å². The standard InChI is InChI=1S/C8H5NO3S/c10-8(6-2-1-5-13-6)12-7-3-4-11-9-7/h1-5H. The van der Waals surface area contributed by atoms with E-state index in [9.17, 15) is 4.79 Å². The maximum Gasteiger partial charge on any atom is 0.355 e. The number of aromatic nitrogens is 1. The largest absolute Gasteiger partial charge is 0.400 e. The Hall–Kier alpha value is -1.62. The van der Waals surface area contributed by atoms with Crippen LogP contribution in [0.15, 0.2) is 34.4 Å². The molecule has 2 aromatic heterocycles. The van der Waals surface area contributed by atoms with Crippen LogP contribution < -0.4 is 4.74 Å². The predicted molar refractivity (Wildman–Crippen MR) is 45.8 cm³/mol. The summed E-state index contributed by atoms with van der Waals surface area (Å²) in [6, 6.07) is 4.95. The van der Waals surface area contributed by atoms with Crippen molar-refractivity contribution in [2.75, 3.05) is 0 Å². The molecule has 0 aliphatic carbocycles. The van der Waals surface area contributed by atoms with Crippen LogP contribution in [0.4, 0.5) is 0 Å². The Morgan fingerprint density at radius 1 is 1.54 bits per heavy atom. The van der Waals surface area contributed by atoms with Gasteiger partial charge in [-0.3, -0.25) is 0 Å². The Bertz CT molecular complexity index is 379. The van der Waals surface area contributed by atoms with Gasteiger partial charge in [-0.05, 0) is 16.6 Å². The molecule has 0 saturated heterocycles. The third-order valence-corrected chi connectivity index (χ3v) is 2.18. The smallest absolute Gasteiger partial charge is 0.355 e. The molecule has 0 unspecified atom stereocenters. The van der Waals surface area contributed by atoms with Gasteiger partial charge in [0.15, 0.2) is 0 Å². The van der Waals surface area contributed by atoms with Gasteiger partial charge in [0, 0.05) is 6.07 Å². The van der Waals surface area contributed by atoms with Crippen LogP contribution in [0.2, 0.25) is 0 Å².